The van der Waals surface area contributed by atoms with Gasteiger partial charge in [0.05, 0.1) is 18.1 Å². The number of benzene rings is 1. The van der Waals surface area contributed by atoms with Crippen molar-refractivity contribution in [1.82, 2.24) is 14.5 Å². The van der Waals surface area contributed by atoms with Gasteiger partial charge in [-0.05, 0) is 75.3 Å². The van der Waals surface area contributed by atoms with Crippen molar-refractivity contribution in [3.63, 3.8) is 0 Å². The number of nitrogens with zero attached hydrogens (tertiary/aromatic N) is 2. The molecule has 8 nitrogen and oxygen atoms in total. The molecular formula is C24H37N3O5S. The van der Waals surface area contributed by atoms with Gasteiger partial charge in [-0.1, -0.05) is 0 Å². The van der Waals surface area contributed by atoms with Crippen LogP contribution in [0.1, 0.15) is 47.1 Å². The van der Waals surface area contributed by atoms with E-state index in [-0.39, 0.29) is 30.7 Å². The van der Waals surface area contributed by atoms with Crippen LogP contribution in [0.2, 0.25) is 0 Å². The maximum Gasteiger partial charge on any atom is 0.241 e. The van der Waals surface area contributed by atoms with Gasteiger partial charge in [-0.2, -0.15) is 0 Å². The van der Waals surface area contributed by atoms with Crippen LogP contribution in [0.3, 0.4) is 0 Å². The van der Waals surface area contributed by atoms with Gasteiger partial charge in [-0.3, -0.25) is 9.59 Å². The molecule has 1 aromatic rings. The number of hydrogen-bond acceptors (Lipinski definition) is 5. The third kappa shape index (κ3) is 5.58. The number of morpholine rings is 1. The van der Waals surface area contributed by atoms with Crippen LogP contribution in [0.4, 0.5) is 0 Å². The van der Waals surface area contributed by atoms with Gasteiger partial charge in [-0.15, -0.1) is 0 Å². The number of rotatable bonds is 6. The first-order valence-corrected chi connectivity index (χ1v) is 13.2. The summed E-state index contributed by atoms with van der Waals surface area (Å²) >= 11 is 0. The molecule has 0 unspecified atom stereocenters. The van der Waals surface area contributed by atoms with Gasteiger partial charge in [-0.25, -0.2) is 13.1 Å². The SMILES string of the molecule is Cc1c(C)c(C)c(S(=O)(=O)NCCC(=O)N2CCC(C(=O)N3CCOCC3)CC2)c(C)c1C. The lowest BCUT2D eigenvalue weighted by Crippen LogP contribution is -2.47. The molecule has 184 valence electrons. The molecule has 3 rings (SSSR count). The average molecular weight is 480 g/mol. The second kappa shape index (κ2) is 10.5. The van der Waals surface area contributed by atoms with Crippen molar-refractivity contribution in [2.75, 3.05) is 45.9 Å². The van der Waals surface area contributed by atoms with E-state index in [0.29, 0.717) is 57.1 Å². The number of ether oxygens (including phenoxy) is 1. The van der Waals surface area contributed by atoms with E-state index in [9.17, 15) is 18.0 Å². The summed E-state index contributed by atoms with van der Waals surface area (Å²) < 4.78 is 34.0. The molecule has 0 aliphatic carbocycles. The molecular weight excluding hydrogens is 442 g/mol. The number of nitrogens with one attached hydrogen (secondary N) is 1. The Bertz CT molecular complexity index is 978. The molecule has 2 saturated heterocycles. The molecule has 2 amide bonds. The highest BCUT2D eigenvalue weighted by Gasteiger charge is 2.31. The van der Waals surface area contributed by atoms with Gasteiger partial charge < -0.3 is 14.5 Å². The topological polar surface area (TPSA) is 96.0 Å². The molecule has 1 N–H and O–H groups in total. The first kappa shape index (κ1) is 25.6. The molecule has 2 aliphatic rings. The van der Waals surface area contributed by atoms with Crippen LogP contribution in [-0.2, 0) is 24.3 Å². The smallest absolute Gasteiger partial charge is 0.241 e. The van der Waals surface area contributed by atoms with E-state index < -0.39 is 10.0 Å². The number of piperidine rings is 1. The van der Waals surface area contributed by atoms with Crippen molar-refractivity contribution < 1.29 is 22.7 Å². The number of likely N-dealkylation sites (tertiary alicyclic amines) is 1. The predicted octanol–water partition coefficient (Wildman–Crippen LogP) is 1.99. The van der Waals surface area contributed by atoms with Crippen LogP contribution in [0.5, 0.6) is 0 Å². The van der Waals surface area contributed by atoms with Crippen molar-refractivity contribution in [3.05, 3.63) is 27.8 Å². The molecule has 0 atom stereocenters. The lowest BCUT2D eigenvalue weighted by Gasteiger charge is -2.35. The Morgan fingerprint density at radius 2 is 1.36 bits per heavy atom. The Hall–Kier alpha value is -1.97. The van der Waals surface area contributed by atoms with Crippen LogP contribution < -0.4 is 4.72 Å². The summed E-state index contributed by atoms with van der Waals surface area (Å²) in [5.41, 5.74) is 4.56. The first-order valence-electron chi connectivity index (χ1n) is 11.8. The molecule has 33 heavy (non-hydrogen) atoms. The molecule has 2 aliphatic heterocycles. The highest BCUT2D eigenvalue weighted by molar-refractivity contribution is 7.89. The summed E-state index contributed by atoms with van der Waals surface area (Å²) in [6.07, 6.45) is 1.39. The minimum Gasteiger partial charge on any atom is -0.378 e. The number of sulfonamides is 1. The van der Waals surface area contributed by atoms with Crippen LogP contribution in [0.25, 0.3) is 0 Å². The maximum atomic E-state index is 13.0. The largest absolute Gasteiger partial charge is 0.378 e. The van der Waals surface area contributed by atoms with Gasteiger partial charge in [0, 0.05) is 45.1 Å². The molecule has 0 radical (unpaired) electrons. The predicted molar refractivity (Wildman–Crippen MR) is 127 cm³/mol. The number of hydrogen-bond donors (Lipinski definition) is 1. The molecule has 0 saturated carbocycles. The van der Waals surface area contributed by atoms with E-state index >= 15 is 0 Å². The molecule has 2 fully saturated rings. The highest BCUT2D eigenvalue weighted by Crippen LogP contribution is 2.29. The zero-order valence-corrected chi connectivity index (χ0v) is 21.3. The van der Waals surface area contributed by atoms with Crippen LogP contribution in [0.15, 0.2) is 4.90 Å². The van der Waals surface area contributed by atoms with E-state index in [1.807, 2.05) is 39.5 Å². The fraction of sp³-hybridized carbons (Fsp3) is 0.667. The molecule has 2 heterocycles. The first-order chi connectivity index (χ1) is 15.5. The van der Waals surface area contributed by atoms with Gasteiger partial charge >= 0.3 is 0 Å². The van der Waals surface area contributed by atoms with Crippen molar-refractivity contribution in [1.29, 1.82) is 0 Å². The van der Waals surface area contributed by atoms with Crippen LogP contribution in [0, 0.1) is 40.5 Å². The fourth-order valence-electron chi connectivity index (χ4n) is 4.81. The fourth-order valence-corrected chi connectivity index (χ4v) is 6.44. The van der Waals surface area contributed by atoms with Crippen molar-refractivity contribution in [2.45, 2.75) is 58.8 Å². The lowest BCUT2D eigenvalue weighted by molar-refractivity contribution is -0.143. The molecule has 1 aromatic carbocycles. The second-order valence-electron chi connectivity index (χ2n) is 9.19. The molecule has 0 aromatic heterocycles. The van der Waals surface area contributed by atoms with Crippen molar-refractivity contribution in [2.24, 2.45) is 5.92 Å². The number of amides is 2. The van der Waals surface area contributed by atoms with Crippen LogP contribution >= 0.6 is 0 Å². The van der Waals surface area contributed by atoms with E-state index in [0.717, 1.165) is 27.8 Å². The zero-order valence-electron chi connectivity index (χ0n) is 20.5. The van der Waals surface area contributed by atoms with Gasteiger partial charge in [0.1, 0.15) is 0 Å². The monoisotopic (exact) mass is 479 g/mol. The summed E-state index contributed by atoms with van der Waals surface area (Å²) in [5, 5.41) is 0. The maximum absolute atomic E-state index is 13.0. The molecule has 9 heteroatoms. The van der Waals surface area contributed by atoms with Crippen molar-refractivity contribution >= 4 is 21.8 Å². The number of carbonyl (C=O) groups excluding carboxylic acids is 2. The minimum atomic E-state index is -3.72. The quantitative estimate of drug-likeness (QED) is 0.673. The summed E-state index contributed by atoms with van der Waals surface area (Å²) in [7, 11) is -3.72. The van der Waals surface area contributed by atoms with Gasteiger partial charge in [0.2, 0.25) is 21.8 Å². The summed E-state index contributed by atoms with van der Waals surface area (Å²) in [4.78, 5) is 29.2. The Morgan fingerprint density at radius 3 is 1.91 bits per heavy atom. The zero-order chi connectivity index (χ0) is 24.3. The normalized spacial score (nSPS) is 18.0. The standard InChI is InChI=1S/C24H37N3O5S/c1-16-17(2)19(4)23(20(5)18(16)3)33(30,31)25-9-6-22(28)26-10-7-21(8-11-26)24(29)27-12-14-32-15-13-27/h21,25H,6-15H2,1-5H3. The van der Waals surface area contributed by atoms with E-state index in [2.05, 4.69) is 4.72 Å². The summed E-state index contributed by atoms with van der Waals surface area (Å²) in [6, 6.07) is 0. The Morgan fingerprint density at radius 1 is 0.848 bits per heavy atom. The second-order valence-corrected chi connectivity index (χ2v) is 10.9. The van der Waals surface area contributed by atoms with E-state index in [1.165, 1.54) is 0 Å². The molecule has 0 bridgehead atoms. The number of carbonyl (C=O) groups is 2. The lowest BCUT2D eigenvalue weighted by atomic mass is 9.95. The van der Waals surface area contributed by atoms with E-state index in [1.54, 1.807) is 4.90 Å². The minimum absolute atomic E-state index is 0.0513. The summed E-state index contributed by atoms with van der Waals surface area (Å²) in [6.45, 7) is 13.1. The third-order valence-electron chi connectivity index (χ3n) is 7.35. The molecule has 0 spiro atoms. The highest BCUT2D eigenvalue weighted by atomic mass is 32.2. The summed E-state index contributed by atoms with van der Waals surface area (Å²) in [5.74, 6) is 0.0249. The Balaban J connectivity index is 1.52. The Labute approximate surface area is 197 Å². The van der Waals surface area contributed by atoms with Crippen LogP contribution in [-0.4, -0.2) is 76.0 Å². The average Bonchev–Trinajstić information content (AvgIpc) is 2.81. The van der Waals surface area contributed by atoms with E-state index in [4.69, 9.17) is 4.74 Å². The van der Waals surface area contributed by atoms with Gasteiger partial charge in [0.15, 0.2) is 0 Å². The van der Waals surface area contributed by atoms with Crippen molar-refractivity contribution in [3.8, 4) is 0 Å². The van der Waals surface area contributed by atoms with Gasteiger partial charge in [0.25, 0.3) is 0 Å². The third-order valence-corrected chi connectivity index (χ3v) is 9.08. The Kier molecular flexibility index (Phi) is 8.18.